The molecule has 0 aliphatic carbocycles. The number of halogens is 3. The van der Waals surface area contributed by atoms with Gasteiger partial charge in [-0.3, -0.25) is 4.40 Å². The van der Waals surface area contributed by atoms with Crippen LogP contribution in [0.3, 0.4) is 0 Å². The van der Waals surface area contributed by atoms with Crippen LogP contribution in [0.1, 0.15) is 24.2 Å². The number of ether oxygens (including phenoxy) is 1. The molecule has 0 amide bonds. The van der Waals surface area contributed by atoms with E-state index < -0.39 is 17.3 Å². The number of rotatable bonds is 1. The van der Waals surface area contributed by atoms with Crippen LogP contribution in [0, 0.1) is 0 Å². The highest BCUT2D eigenvalue weighted by molar-refractivity contribution is 5.41. The SMILES string of the molecule is NC1(c2nnc3ccc(C(F)(F)F)cn23)CCOCC1. The molecule has 0 radical (unpaired) electrons. The van der Waals surface area contributed by atoms with E-state index in [-0.39, 0.29) is 0 Å². The lowest BCUT2D eigenvalue weighted by Crippen LogP contribution is -2.43. The number of hydrogen-bond acceptors (Lipinski definition) is 4. The quantitative estimate of drug-likeness (QED) is 0.866. The molecule has 0 aromatic carbocycles. The number of alkyl halides is 3. The molecule has 8 heteroatoms. The van der Waals surface area contributed by atoms with Crippen molar-refractivity contribution >= 4 is 5.65 Å². The Bertz CT molecular complexity index is 631. The Morgan fingerprint density at radius 1 is 1.20 bits per heavy atom. The maximum Gasteiger partial charge on any atom is 0.417 e. The van der Waals surface area contributed by atoms with Gasteiger partial charge in [0.25, 0.3) is 0 Å². The minimum atomic E-state index is -4.41. The molecule has 1 fully saturated rings. The summed E-state index contributed by atoms with van der Waals surface area (Å²) in [5, 5.41) is 7.87. The lowest BCUT2D eigenvalue weighted by atomic mass is 9.90. The predicted octanol–water partition coefficient (Wildman–Crippen LogP) is 1.71. The third-order valence-corrected chi connectivity index (χ3v) is 3.56. The number of aromatic nitrogens is 3. The maximum atomic E-state index is 12.8. The number of fused-ring (bicyclic) bond motifs is 1. The van der Waals surface area contributed by atoms with Gasteiger partial charge in [-0.05, 0) is 25.0 Å². The second-order valence-electron chi connectivity index (χ2n) is 4.94. The molecule has 20 heavy (non-hydrogen) atoms. The molecule has 2 aromatic rings. The highest BCUT2D eigenvalue weighted by Gasteiger charge is 2.36. The summed E-state index contributed by atoms with van der Waals surface area (Å²) < 4.78 is 44.9. The Morgan fingerprint density at radius 2 is 1.90 bits per heavy atom. The van der Waals surface area contributed by atoms with Crippen LogP contribution in [0.2, 0.25) is 0 Å². The molecule has 1 saturated heterocycles. The minimum absolute atomic E-state index is 0.349. The second kappa shape index (κ2) is 4.42. The van der Waals surface area contributed by atoms with Crippen LogP contribution in [0.15, 0.2) is 18.3 Å². The first-order chi connectivity index (χ1) is 9.40. The summed E-state index contributed by atoms with van der Waals surface area (Å²) in [6.07, 6.45) is -2.41. The van der Waals surface area contributed by atoms with E-state index in [0.29, 0.717) is 37.5 Å². The smallest absolute Gasteiger partial charge is 0.381 e. The van der Waals surface area contributed by atoms with E-state index in [0.717, 1.165) is 12.3 Å². The molecule has 0 bridgehead atoms. The molecule has 0 atom stereocenters. The van der Waals surface area contributed by atoms with Crippen molar-refractivity contribution in [2.75, 3.05) is 13.2 Å². The van der Waals surface area contributed by atoms with Crippen molar-refractivity contribution in [1.29, 1.82) is 0 Å². The highest BCUT2D eigenvalue weighted by atomic mass is 19.4. The number of nitrogens with two attached hydrogens (primary N) is 1. The number of pyridine rings is 1. The van der Waals surface area contributed by atoms with Gasteiger partial charge >= 0.3 is 6.18 Å². The van der Waals surface area contributed by atoms with Gasteiger partial charge in [0.05, 0.1) is 11.1 Å². The van der Waals surface area contributed by atoms with Crippen LogP contribution in [0.25, 0.3) is 5.65 Å². The zero-order valence-electron chi connectivity index (χ0n) is 10.5. The van der Waals surface area contributed by atoms with E-state index in [2.05, 4.69) is 10.2 Å². The second-order valence-corrected chi connectivity index (χ2v) is 4.94. The molecule has 2 N–H and O–H groups in total. The van der Waals surface area contributed by atoms with Crippen molar-refractivity contribution in [3.05, 3.63) is 29.7 Å². The monoisotopic (exact) mass is 286 g/mol. The van der Waals surface area contributed by atoms with Crippen LogP contribution >= 0.6 is 0 Å². The molecular weight excluding hydrogens is 273 g/mol. The number of hydrogen-bond donors (Lipinski definition) is 1. The van der Waals surface area contributed by atoms with Gasteiger partial charge in [0, 0.05) is 19.4 Å². The van der Waals surface area contributed by atoms with Gasteiger partial charge in [-0.2, -0.15) is 13.2 Å². The summed E-state index contributed by atoms with van der Waals surface area (Å²) in [5.74, 6) is 0.349. The van der Waals surface area contributed by atoms with Gasteiger partial charge in [0.15, 0.2) is 11.5 Å². The lowest BCUT2D eigenvalue weighted by Gasteiger charge is -2.31. The van der Waals surface area contributed by atoms with Crippen molar-refractivity contribution in [2.45, 2.75) is 24.6 Å². The zero-order valence-corrected chi connectivity index (χ0v) is 10.5. The van der Waals surface area contributed by atoms with Crippen molar-refractivity contribution in [1.82, 2.24) is 14.6 Å². The van der Waals surface area contributed by atoms with Crippen LogP contribution in [-0.4, -0.2) is 27.8 Å². The Morgan fingerprint density at radius 3 is 2.55 bits per heavy atom. The van der Waals surface area contributed by atoms with Crippen LogP contribution in [0.5, 0.6) is 0 Å². The Kier molecular flexibility index (Phi) is 2.94. The first-order valence-electron chi connectivity index (χ1n) is 6.19. The summed E-state index contributed by atoms with van der Waals surface area (Å²) in [4.78, 5) is 0. The molecule has 108 valence electrons. The fraction of sp³-hybridized carbons (Fsp3) is 0.500. The first-order valence-corrected chi connectivity index (χ1v) is 6.19. The average molecular weight is 286 g/mol. The molecule has 5 nitrogen and oxygen atoms in total. The summed E-state index contributed by atoms with van der Waals surface area (Å²) in [6.45, 7) is 0.925. The van der Waals surface area contributed by atoms with Crippen molar-refractivity contribution in [3.8, 4) is 0 Å². The molecular formula is C12H13F3N4O. The Labute approximate surface area is 112 Å². The van der Waals surface area contributed by atoms with Crippen molar-refractivity contribution < 1.29 is 17.9 Å². The van der Waals surface area contributed by atoms with E-state index in [1.54, 1.807) is 0 Å². The fourth-order valence-electron chi connectivity index (χ4n) is 2.36. The van der Waals surface area contributed by atoms with Crippen LogP contribution in [0.4, 0.5) is 13.2 Å². The summed E-state index contributed by atoms with van der Waals surface area (Å²) in [5.41, 5.74) is 5.06. The average Bonchev–Trinajstić information content (AvgIpc) is 2.82. The normalized spacial score (nSPS) is 19.4. The summed E-state index contributed by atoms with van der Waals surface area (Å²) >= 11 is 0. The largest absolute Gasteiger partial charge is 0.417 e. The van der Waals surface area contributed by atoms with Gasteiger partial charge in [0.2, 0.25) is 0 Å². The van der Waals surface area contributed by atoms with Gasteiger partial charge < -0.3 is 10.5 Å². The van der Waals surface area contributed by atoms with Gasteiger partial charge in [-0.15, -0.1) is 10.2 Å². The number of nitrogens with zero attached hydrogens (tertiary/aromatic N) is 3. The van der Waals surface area contributed by atoms with Crippen LogP contribution < -0.4 is 5.73 Å². The summed E-state index contributed by atoms with van der Waals surface area (Å²) in [7, 11) is 0. The molecule has 2 aromatic heterocycles. The molecule has 3 heterocycles. The van der Waals surface area contributed by atoms with Crippen molar-refractivity contribution in [3.63, 3.8) is 0 Å². The van der Waals surface area contributed by atoms with E-state index in [4.69, 9.17) is 10.5 Å². The molecule has 0 saturated carbocycles. The fourth-order valence-corrected chi connectivity index (χ4v) is 2.36. The van der Waals surface area contributed by atoms with E-state index >= 15 is 0 Å². The maximum absolute atomic E-state index is 12.8. The lowest BCUT2D eigenvalue weighted by molar-refractivity contribution is -0.137. The third-order valence-electron chi connectivity index (χ3n) is 3.56. The predicted molar refractivity (Wildman–Crippen MR) is 63.9 cm³/mol. The molecule has 0 spiro atoms. The molecule has 3 rings (SSSR count). The molecule has 1 aliphatic rings. The first kappa shape index (κ1) is 13.3. The van der Waals surface area contributed by atoms with Crippen LogP contribution in [-0.2, 0) is 16.5 Å². The summed E-state index contributed by atoms with van der Waals surface area (Å²) in [6, 6.07) is 2.28. The van der Waals surface area contributed by atoms with E-state index in [9.17, 15) is 13.2 Å². The third kappa shape index (κ3) is 2.14. The standard InChI is InChI=1S/C12H13F3N4O/c13-12(14,15)8-1-2-9-17-18-10(19(9)7-8)11(16)3-5-20-6-4-11/h1-2,7H,3-6,16H2. The van der Waals surface area contributed by atoms with Gasteiger partial charge in [0.1, 0.15) is 0 Å². The van der Waals surface area contributed by atoms with E-state index in [1.165, 1.54) is 10.5 Å². The van der Waals surface area contributed by atoms with Crippen molar-refractivity contribution in [2.24, 2.45) is 5.73 Å². The van der Waals surface area contributed by atoms with E-state index in [1.807, 2.05) is 0 Å². The Hall–Kier alpha value is -1.67. The molecule has 0 unspecified atom stereocenters. The molecule has 1 aliphatic heterocycles. The topological polar surface area (TPSA) is 65.4 Å². The van der Waals surface area contributed by atoms with Gasteiger partial charge in [-0.25, -0.2) is 0 Å². The van der Waals surface area contributed by atoms with Gasteiger partial charge in [-0.1, -0.05) is 0 Å². The minimum Gasteiger partial charge on any atom is -0.381 e. The Balaban J connectivity index is 2.11. The zero-order chi connectivity index (χ0) is 14.4. The highest BCUT2D eigenvalue weighted by Crippen LogP contribution is 2.32.